The smallest absolute Gasteiger partial charge is 0.191 e. The Hall–Kier alpha value is -1.03. The molecule has 0 spiro atoms. The van der Waals surface area contributed by atoms with Gasteiger partial charge in [0.15, 0.2) is 5.96 Å². The third kappa shape index (κ3) is 8.14. The van der Waals surface area contributed by atoms with Crippen LogP contribution in [0.15, 0.2) is 29.3 Å². The second kappa shape index (κ2) is 13.2. The number of nitrogens with zero attached hydrogens (tertiary/aromatic N) is 1. The standard InChI is InChI=1S/C20H33N3O3S.HI/c1-5-27(24)19-8-6-7-16(13-19)23-20(21-3)22-14-15(2)26-18-11-9-17(25-4)10-12-18;/h9-12,15-16,19H,5-8,13-14H2,1-4H3,(H2,21,22,23);1H. The molecule has 4 unspecified atom stereocenters. The summed E-state index contributed by atoms with van der Waals surface area (Å²) in [4.78, 5) is 4.32. The van der Waals surface area contributed by atoms with Gasteiger partial charge in [0.1, 0.15) is 17.6 Å². The highest BCUT2D eigenvalue weighted by molar-refractivity contribution is 14.0. The summed E-state index contributed by atoms with van der Waals surface area (Å²) in [6.07, 6.45) is 4.21. The molecule has 0 bridgehead atoms. The molecular weight excluding hydrogens is 489 g/mol. The molecule has 0 aliphatic heterocycles. The minimum atomic E-state index is -0.716. The first-order chi connectivity index (χ1) is 13.0. The van der Waals surface area contributed by atoms with Crippen LogP contribution in [0.4, 0.5) is 0 Å². The minimum Gasteiger partial charge on any atom is -0.497 e. The van der Waals surface area contributed by atoms with E-state index < -0.39 is 10.8 Å². The van der Waals surface area contributed by atoms with Crippen molar-refractivity contribution >= 4 is 40.7 Å². The van der Waals surface area contributed by atoms with E-state index in [4.69, 9.17) is 9.47 Å². The summed E-state index contributed by atoms with van der Waals surface area (Å²) in [5.41, 5.74) is 0. The fraction of sp³-hybridized carbons (Fsp3) is 0.650. The fourth-order valence-electron chi connectivity index (χ4n) is 3.31. The van der Waals surface area contributed by atoms with E-state index in [2.05, 4.69) is 15.6 Å². The van der Waals surface area contributed by atoms with Crippen LogP contribution in [0, 0.1) is 0 Å². The van der Waals surface area contributed by atoms with Crippen LogP contribution in [0.25, 0.3) is 0 Å². The molecule has 28 heavy (non-hydrogen) atoms. The summed E-state index contributed by atoms with van der Waals surface area (Å²) in [6, 6.07) is 7.89. The number of hydrogen-bond donors (Lipinski definition) is 2. The summed E-state index contributed by atoms with van der Waals surface area (Å²) in [7, 11) is 2.70. The van der Waals surface area contributed by atoms with E-state index in [9.17, 15) is 4.21 Å². The fourth-order valence-corrected chi connectivity index (χ4v) is 4.66. The lowest BCUT2D eigenvalue weighted by Gasteiger charge is -2.30. The Morgan fingerprint density at radius 3 is 2.57 bits per heavy atom. The van der Waals surface area contributed by atoms with Gasteiger partial charge in [0.05, 0.1) is 13.7 Å². The number of hydrogen-bond acceptors (Lipinski definition) is 4. The molecule has 160 valence electrons. The van der Waals surface area contributed by atoms with Crippen molar-refractivity contribution in [2.24, 2.45) is 4.99 Å². The van der Waals surface area contributed by atoms with Crippen LogP contribution in [0.2, 0.25) is 0 Å². The molecule has 6 nitrogen and oxygen atoms in total. The lowest BCUT2D eigenvalue weighted by Crippen LogP contribution is -2.48. The second-order valence-corrected chi connectivity index (χ2v) is 8.86. The Labute approximate surface area is 188 Å². The molecule has 1 aliphatic rings. The normalized spacial score (nSPS) is 21.8. The van der Waals surface area contributed by atoms with Gasteiger partial charge in [-0.15, -0.1) is 24.0 Å². The van der Waals surface area contributed by atoms with Gasteiger partial charge in [-0.1, -0.05) is 13.3 Å². The Bertz CT molecular complexity index is 628. The van der Waals surface area contributed by atoms with E-state index in [0.717, 1.165) is 48.9 Å². The predicted octanol–water partition coefficient (Wildman–Crippen LogP) is 3.33. The molecule has 0 radical (unpaired) electrons. The number of halogens is 1. The maximum absolute atomic E-state index is 12.1. The lowest BCUT2D eigenvalue weighted by atomic mass is 9.95. The minimum absolute atomic E-state index is 0. The average Bonchev–Trinajstić information content (AvgIpc) is 2.71. The first-order valence-electron chi connectivity index (χ1n) is 9.70. The lowest BCUT2D eigenvalue weighted by molar-refractivity contribution is 0.223. The number of methoxy groups -OCH3 is 1. The summed E-state index contributed by atoms with van der Waals surface area (Å²) in [5.74, 6) is 3.13. The second-order valence-electron chi connectivity index (χ2n) is 6.86. The van der Waals surface area contributed by atoms with E-state index in [1.54, 1.807) is 14.2 Å². The first-order valence-corrected chi connectivity index (χ1v) is 11.1. The molecular formula is C20H34IN3O3S. The molecule has 0 aromatic heterocycles. The SMILES string of the molecule is CCS(=O)C1CCCC(NC(=NC)NCC(C)Oc2ccc(OC)cc2)C1.I. The van der Waals surface area contributed by atoms with Gasteiger partial charge in [-0.05, 0) is 50.5 Å². The molecule has 1 aromatic rings. The number of benzene rings is 1. The van der Waals surface area contributed by atoms with Gasteiger partial charge in [0.25, 0.3) is 0 Å². The number of nitrogens with one attached hydrogen (secondary N) is 2. The van der Waals surface area contributed by atoms with Gasteiger partial charge in [0, 0.05) is 34.9 Å². The Kier molecular flexibility index (Phi) is 11.8. The number of guanidine groups is 1. The third-order valence-corrected chi connectivity index (χ3v) is 6.54. The quantitative estimate of drug-likeness (QED) is 0.311. The Morgan fingerprint density at radius 1 is 1.29 bits per heavy atom. The van der Waals surface area contributed by atoms with Crippen molar-refractivity contribution in [2.45, 2.75) is 56.9 Å². The van der Waals surface area contributed by atoms with Crippen molar-refractivity contribution in [3.8, 4) is 11.5 Å². The summed E-state index contributed by atoms with van der Waals surface area (Å²) < 4.78 is 23.2. The van der Waals surface area contributed by atoms with Crippen LogP contribution in [0.1, 0.15) is 39.5 Å². The molecule has 0 heterocycles. The van der Waals surface area contributed by atoms with Crippen LogP contribution in [-0.2, 0) is 10.8 Å². The molecule has 1 aromatic carbocycles. The van der Waals surface area contributed by atoms with Crippen molar-refractivity contribution in [1.29, 1.82) is 0 Å². The largest absolute Gasteiger partial charge is 0.497 e. The van der Waals surface area contributed by atoms with Crippen molar-refractivity contribution in [3.63, 3.8) is 0 Å². The van der Waals surface area contributed by atoms with E-state index in [-0.39, 0.29) is 30.1 Å². The number of ether oxygens (including phenoxy) is 2. The van der Waals surface area contributed by atoms with Gasteiger partial charge in [-0.2, -0.15) is 0 Å². The van der Waals surface area contributed by atoms with Crippen molar-refractivity contribution in [1.82, 2.24) is 10.6 Å². The van der Waals surface area contributed by atoms with Gasteiger partial charge in [0.2, 0.25) is 0 Å². The van der Waals surface area contributed by atoms with Crippen LogP contribution in [-0.4, -0.2) is 54.0 Å². The van der Waals surface area contributed by atoms with Gasteiger partial charge >= 0.3 is 0 Å². The predicted molar refractivity (Wildman–Crippen MR) is 128 cm³/mol. The summed E-state index contributed by atoms with van der Waals surface area (Å²) >= 11 is 0. The highest BCUT2D eigenvalue weighted by Gasteiger charge is 2.26. The van der Waals surface area contributed by atoms with Crippen molar-refractivity contribution in [2.75, 3.05) is 26.5 Å². The average molecular weight is 523 g/mol. The van der Waals surface area contributed by atoms with Crippen LogP contribution >= 0.6 is 24.0 Å². The Morgan fingerprint density at radius 2 is 1.96 bits per heavy atom. The van der Waals surface area contributed by atoms with E-state index >= 15 is 0 Å². The van der Waals surface area contributed by atoms with Crippen molar-refractivity contribution in [3.05, 3.63) is 24.3 Å². The summed E-state index contributed by atoms with van der Waals surface area (Å²) in [5, 5.41) is 7.11. The molecule has 1 aliphatic carbocycles. The molecule has 2 N–H and O–H groups in total. The van der Waals surface area contributed by atoms with Crippen molar-refractivity contribution < 1.29 is 13.7 Å². The third-order valence-electron chi connectivity index (χ3n) is 4.80. The molecule has 1 saturated carbocycles. The molecule has 0 saturated heterocycles. The molecule has 2 rings (SSSR count). The maximum atomic E-state index is 12.1. The summed E-state index contributed by atoms with van der Waals surface area (Å²) in [6.45, 7) is 4.66. The number of aliphatic imine (C=N–C) groups is 1. The van der Waals surface area contributed by atoms with Crippen LogP contribution in [0.5, 0.6) is 11.5 Å². The molecule has 8 heteroatoms. The topological polar surface area (TPSA) is 72.0 Å². The van der Waals surface area contributed by atoms with Gasteiger partial charge in [-0.3, -0.25) is 9.20 Å². The van der Waals surface area contributed by atoms with Gasteiger partial charge < -0.3 is 20.1 Å². The Balaban J connectivity index is 0.00000392. The van der Waals surface area contributed by atoms with Gasteiger partial charge in [-0.25, -0.2) is 0 Å². The maximum Gasteiger partial charge on any atom is 0.191 e. The molecule has 1 fully saturated rings. The monoisotopic (exact) mass is 523 g/mol. The number of rotatable bonds is 8. The highest BCUT2D eigenvalue weighted by atomic mass is 127. The zero-order valence-corrected chi connectivity index (χ0v) is 20.4. The zero-order valence-electron chi connectivity index (χ0n) is 17.3. The van der Waals surface area contributed by atoms with E-state index in [1.807, 2.05) is 38.1 Å². The highest BCUT2D eigenvalue weighted by Crippen LogP contribution is 2.23. The van der Waals surface area contributed by atoms with Crippen LogP contribution in [0.3, 0.4) is 0 Å². The zero-order chi connectivity index (χ0) is 19.6. The molecule has 4 atom stereocenters. The van der Waals surface area contributed by atoms with Crippen LogP contribution < -0.4 is 20.1 Å². The van der Waals surface area contributed by atoms with E-state index in [1.165, 1.54) is 0 Å². The van der Waals surface area contributed by atoms with E-state index in [0.29, 0.717) is 17.8 Å². The molecule has 0 amide bonds. The first kappa shape index (κ1) is 25.0.